The summed E-state index contributed by atoms with van der Waals surface area (Å²) in [6, 6.07) is 5.35. The van der Waals surface area contributed by atoms with Crippen molar-refractivity contribution in [2.24, 2.45) is 0 Å². The molecule has 9 nitrogen and oxygen atoms in total. The summed E-state index contributed by atoms with van der Waals surface area (Å²) < 4.78 is 15.4. The number of hydrogen-bond acceptors (Lipinski definition) is 8. The van der Waals surface area contributed by atoms with E-state index >= 15 is 0 Å². The van der Waals surface area contributed by atoms with Gasteiger partial charge < -0.3 is 19.5 Å². The van der Waals surface area contributed by atoms with Crippen LogP contribution in [-0.2, 0) is 19.1 Å². The van der Waals surface area contributed by atoms with E-state index in [9.17, 15) is 14.4 Å². The molecule has 1 aromatic heterocycles. The highest BCUT2D eigenvalue weighted by atomic mass is 32.1. The second kappa shape index (κ2) is 10.3. The van der Waals surface area contributed by atoms with E-state index in [-0.39, 0.29) is 18.9 Å². The molecule has 10 heteroatoms. The summed E-state index contributed by atoms with van der Waals surface area (Å²) >= 11 is 1.24. The van der Waals surface area contributed by atoms with Crippen LogP contribution in [0.4, 0.5) is 5.13 Å². The molecule has 0 radical (unpaired) electrons. The quantitative estimate of drug-likeness (QED) is 0.609. The zero-order valence-corrected chi connectivity index (χ0v) is 16.6. The van der Waals surface area contributed by atoms with E-state index in [1.54, 1.807) is 31.7 Å². The number of ether oxygens (including phenoxy) is 3. The van der Waals surface area contributed by atoms with Gasteiger partial charge in [-0.05, 0) is 12.1 Å². The number of carbonyl (C=O) groups excluding carboxylic acids is 3. The third kappa shape index (κ3) is 6.23. The Bertz CT molecular complexity index is 852. The van der Waals surface area contributed by atoms with Gasteiger partial charge in [-0.1, -0.05) is 0 Å². The van der Waals surface area contributed by atoms with Crippen molar-refractivity contribution in [3.8, 4) is 22.8 Å². The van der Waals surface area contributed by atoms with Crippen molar-refractivity contribution < 1.29 is 28.6 Å². The predicted octanol–water partition coefficient (Wildman–Crippen LogP) is 1.84. The zero-order chi connectivity index (χ0) is 20.5. The molecule has 28 heavy (non-hydrogen) atoms. The Kier molecular flexibility index (Phi) is 7.76. The molecular formula is C18H21N3O6S. The summed E-state index contributed by atoms with van der Waals surface area (Å²) in [5, 5.41) is 7.19. The van der Waals surface area contributed by atoms with Gasteiger partial charge in [0.15, 0.2) is 11.7 Å². The molecule has 2 amide bonds. The number of nitrogens with zero attached hydrogens (tertiary/aromatic N) is 1. The second-order valence-corrected chi connectivity index (χ2v) is 6.40. The molecular weight excluding hydrogens is 386 g/mol. The predicted molar refractivity (Wildman–Crippen MR) is 104 cm³/mol. The van der Waals surface area contributed by atoms with Gasteiger partial charge in [-0.15, -0.1) is 11.3 Å². The third-order valence-corrected chi connectivity index (χ3v) is 4.26. The van der Waals surface area contributed by atoms with Crippen LogP contribution in [0, 0.1) is 0 Å². The number of methoxy groups -OCH3 is 2. The Morgan fingerprint density at radius 3 is 2.64 bits per heavy atom. The Morgan fingerprint density at radius 1 is 1.18 bits per heavy atom. The number of carbonyl (C=O) groups is 3. The maximum Gasteiger partial charge on any atom is 0.308 e. The van der Waals surface area contributed by atoms with Gasteiger partial charge in [0.1, 0.15) is 11.5 Å². The average molecular weight is 407 g/mol. The van der Waals surface area contributed by atoms with Gasteiger partial charge in [0.2, 0.25) is 5.91 Å². The number of hydrogen-bond donors (Lipinski definition) is 2. The van der Waals surface area contributed by atoms with Crippen molar-refractivity contribution in [2.45, 2.75) is 13.3 Å². The highest BCUT2D eigenvalue weighted by Crippen LogP contribution is 2.34. The van der Waals surface area contributed by atoms with Crippen molar-refractivity contribution >= 4 is 34.3 Å². The van der Waals surface area contributed by atoms with Crippen LogP contribution < -0.4 is 20.1 Å². The molecule has 2 rings (SSSR count). The van der Waals surface area contributed by atoms with Gasteiger partial charge in [0.25, 0.3) is 5.91 Å². The number of aromatic nitrogens is 1. The van der Waals surface area contributed by atoms with E-state index < -0.39 is 18.5 Å². The van der Waals surface area contributed by atoms with Crippen LogP contribution in [0.25, 0.3) is 11.3 Å². The first-order valence-corrected chi connectivity index (χ1v) is 9.18. The first-order valence-electron chi connectivity index (χ1n) is 8.30. The van der Waals surface area contributed by atoms with E-state index in [4.69, 9.17) is 14.2 Å². The minimum atomic E-state index is -0.577. The van der Waals surface area contributed by atoms with E-state index in [2.05, 4.69) is 15.6 Å². The van der Waals surface area contributed by atoms with Crippen molar-refractivity contribution in [3.05, 3.63) is 23.6 Å². The molecule has 0 atom stereocenters. The highest BCUT2D eigenvalue weighted by Gasteiger charge is 2.14. The van der Waals surface area contributed by atoms with E-state index in [1.807, 2.05) is 6.07 Å². The Hall–Kier alpha value is -3.14. The minimum Gasteiger partial charge on any atom is -0.497 e. The van der Waals surface area contributed by atoms with Crippen LogP contribution in [0.1, 0.15) is 13.3 Å². The molecule has 0 unspecified atom stereocenters. The lowest BCUT2D eigenvalue weighted by Gasteiger charge is -2.08. The molecule has 0 spiro atoms. The fourth-order valence-corrected chi connectivity index (χ4v) is 2.91. The number of nitrogens with one attached hydrogen (secondary N) is 2. The second-order valence-electron chi connectivity index (χ2n) is 5.55. The van der Waals surface area contributed by atoms with Crippen LogP contribution in [-0.4, -0.2) is 50.1 Å². The van der Waals surface area contributed by atoms with Gasteiger partial charge in [0, 0.05) is 30.5 Å². The van der Waals surface area contributed by atoms with Crippen LogP contribution in [0.2, 0.25) is 0 Å². The molecule has 0 saturated heterocycles. The van der Waals surface area contributed by atoms with Crippen molar-refractivity contribution in [1.29, 1.82) is 0 Å². The summed E-state index contributed by atoms with van der Waals surface area (Å²) in [5.74, 6) is -0.0684. The number of anilines is 1. The molecule has 1 heterocycles. The molecule has 150 valence electrons. The molecule has 0 saturated carbocycles. The van der Waals surface area contributed by atoms with Crippen LogP contribution in [0.5, 0.6) is 11.5 Å². The lowest BCUT2D eigenvalue weighted by Crippen LogP contribution is -2.25. The van der Waals surface area contributed by atoms with Crippen LogP contribution >= 0.6 is 11.3 Å². The van der Waals surface area contributed by atoms with Gasteiger partial charge in [-0.25, -0.2) is 4.98 Å². The van der Waals surface area contributed by atoms with E-state index in [1.165, 1.54) is 18.3 Å². The molecule has 0 fully saturated rings. The first-order chi connectivity index (χ1) is 13.4. The number of benzene rings is 1. The summed E-state index contributed by atoms with van der Waals surface area (Å²) in [6.45, 7) is 1.08. The normalized spacial score (nSPS) is 10.1. The summed E-state index contributed by atoms with van der Waals surface area (Å²) in [4.78, 5) is 38.5. The molecule has 0 bridgehead atoms. The maximum absolute atomic E-state index is 11.9. The first kappa shape index (κ1) is 21.2. The lowest BCUT2D eigenvalue weighted by molar-refractivity contribution is -0.147. The molecule has 2 aromatic rings. The fourth-order valence-electron chi connectivity index (χ4n) is 2.18. The molecule has 0 aliphatic carbocycles. The molecule has 1 aromatic carbocycles. The van der Waals surface area contributed by atoms with Gasteiger partial charge in [0.05, 0.1) is 26.3 Å². The molecule has 0 aliphatic rings. The molecule has 0 aliphatic heterocycles. The van der Waals surface area contributed by atoms with Crippen molar-refractivity contribution in [3.63, 3.8) is 0 Å². The zero-order valence-electron chi connectivity index (χ0n) is 15.7. The summed E-state index contributed by atoms with van der Waals surface area (Å²) in [5.41, 5.74) is 1.39. The minimum absolute atomic E-state index is 0.00841. The molecule has 2 N–H and O–H groups in total. The maximum atomic E-state index is 11.9. The SMILES string of the molecule is COc1ccc(-c2csc(NC(=O)COC(=O)CCNC(C)=O)n2)c(OC)c1. The average Bonchev–Trinajstić information content (AvgIpc) is 3.13. The van der Waals surface area contributed by atoms with Crippen LogP contribution in [0.15, 0.2) is 23.6 Å². The summed E-state index contributed by atoms with van der Waals surface area (Å²) in [7, 11) is 3.12. The highest BCUT2D eigenvalue weighted by molar-refractivity contribution is 7.14. The van der Waals surface area contributed by atoms with E-state index in [0.717, 1.165) is 5.56 Å². The summed E-state index contributed by atoms with van der Waals surface area (Å²) in [6.07, 6.45) is -0.00841. The Labute approximate surface area is 166 Å². The van der Waals surface area contributed by atoms with E-state index in [0.29, 0.717) is 22.3 Å². The fraction of sp³-hybridized carbons (Fsp3) is 0.333. The Balaban J connectivity index is 1.89. The number of amides is 2. The third-order valence-electron chi connectivity index (χ3n) is 3.50. The Morgan fingerprint density at radius 2 is 1.96 bits per heavy atom. The topological polar surface area (TPSA) is 116 Å². The monoisotopic (exact) mass is 407 g/mol. The van der Waals surface area contributed by atoms with Crippen LogP contribution in [0.3, 0.4) is 0 Å². The van der Waals surface area contributed by atoms with Gasteiger partial charge in [-0.3, -0.25) is 19.7 Å². The number of thiazole rings is 1. The largest absolute Gasteiger partial charge is 0.497 e. The van der Waals surface area contributed by atoms with Gasteiger partial charge >= 0.3 is 5.97 Å². The number of esters is 1. The van der Waals surface area contributed by atoms with Crippen molar-refractivity contribution in [1.82, 2.24) is 10.3 Å². The number of rotatable bonds is 9. The smallest absolute Gasteiger partial charge is 0.308 e. The standard InChI is InChI=1S/C18H21N3O6S/c1-11(22)19-7-6-17(24)27-9-16(23)21-18-20-14(10-28-18)13-5-4-12(25-2)8-15(13)26-3/h4-5,8,10H,6-7,9H2,1-3H3,(H,19,22)(H,20,21,23). The van der Waals surface area contributed by atoms with Gasteiger partial charge in [-0.2, -0.15) is 0 Å². The van der Waals surface area contributed by atoms with Crippen molar-refractivity contribution in [2.75, 3.05) is 32.7 Å². The lowest BCUT2D eigenvalue weighted by atomic mass is 10.1.